The summed E-state index contributed by atoms with van der Waals surface area (Å²) in [6.07, 6.45) is 4.70. The maximum absolute atomic E-state index is 6.00. The number of hydrogen-bond donors (Lipinski definition) is 1. The summed E-state index contributed by atoms with van der Waals surface area (Å²) in [5.41, 5.74) is 2.59. The summed E-state index contributed by atoms with van der Waals surface area (Å²) in [7, 11) is 0. The minimum absolute atomic E-state index is 0.552. The van der Waals surface area contributed by atoms with Crippen molar-refractivity contribution in [1.82, 2.24) is 5.32 Å². The average molecular weight is 291 g/mol. The number of rotatable bonds is 10. The summed E-state index contributed by atoms with van der Waals surface area (Å²) < 4.78 is 6.00. The predicted molar refractivity (Wildman–Crippen MR) is 92.4 cm³/mol. The van der Waals surface area contributed by atoms with Crippen molar-refractivity contribution in [3.8, 4) is 5.75 Å². The van der Waals surface area contributed by atoms with Crippen molar-refractivity contribution in [2.24, 2.45) is 0 Å². The summed E-state index contributed by atoms with van der Waals surface area (Å²) in [4.78, 5) is 0. The molecule has 0 bridgehead atoms. The molecule has 2 heteroatoms. The molecule has 0 aromatic heterocycles. The number of benzene rings is 1. The van der Waals surface area contributed by atoms with Crippen LogP contribution in [0.4, 0.5) is 0 Å². The zero-order valence-electron chi connectivity index (χ0n) is 14.5. The molecule has 0 aliphatic heterocycles. The van der Waals surface area contributed by atoms with Gasteiger partial charge in [-0.15, -0.1) is 0 Å². The number of aryl methyl sites for hydroxylation is 1. The van der Waals surface area contributed by atoms with Gasteiger partial charge in [0, 0.05) is 6.04 Å². The lowest BCUT2D eigenvalue weighted by Gasteiger charge is -2.17. The van der Waals surface area contributed by atoms with E-state index in [-0.39, 0.29) is 0 Å². The average Bonchev–Trinajstić information content (AvgIpc) is 2.48. The molecule has 21 heavy (non-hydrogen) atoms. The van der Waals surface area contributed by atoms with E-state index in [4.69, 9.17) is 4.74 Å². The molecule has 0 radical (unpaired) electrons. The van der Waals surface area contributed by atoms with Crippen molar-refractivity contribution >= 4 is 0 Å². The SMILES string of the molecule is CCCNC(CC)CCCOc1cc(C(C)C)ccc1C. The maximum Gasteiger partial charge on any atom is 0.122 e. The number of nitrogens with one attached hydrogen (secondary N) is 1. The Morgan fingerprint density at radius 3 is 2.57 bits per heavy atom. The highest BCUT2D eigenvalue weighted by molar-refractivity contribution is 5.37. The molecule has 0 aliphatic rings. The topological polar surface area (TPSA) is 21.3 Å². The van der Waals surface area contributed by atoms with Gasteiger partial charge in [0.25, 0.3) is 0 Å². The van der Waals surface area contributed by atoms with Gasteiger partial charge in [-0.2, -0.15) is 0 Å². The molecule has 1 rings (SSSR count). The summed E-state index contributed by atoms with van der Waals surface area (Å²) in [5, 5.41) is 3.60. The van der Waals surface area contributed by atoms with Crippen LogP contribution in [0.2, 0.25) is 0 Å². The zero-order chi connectivity index (χ0) is 15.7. The molecule has 0 aliphatic carbocycles. The Bertz CT molecular complexity index is 401. The monoisotopic (exact) mass is 291 g/mol. The molecular weight excluding hydrogens is 258 g/mol. The van der Waals surface area contributed by atoms with Crippen LogP contribution in [0.5, 0.6) is 5.75 Å². The second-order valence-electron chi connectivity index (χ2n) is 6.23. The highest BCUT2D eigenvalue weighted by atomic mass is 16.5. The van der Waals surface area contributed by atoms with Crippen molar-refractivity contribution in [1.29, 1.82) is 0 Å². The van der Waals surface area contributed by atoms with E-state index in [1.54, 1.807) is 0 Å². The van der Waals surface area contributed by atoms with Gasteiger partial charge in [0.15, 0.2) is 0 Å². The lowest BCUT2D eigenvalue weighted by atomic mass is 10.0. The molecule has 0 amide bonds. The molecule has 0 fully saturated rings. The van der Waals surface area contributed by atoms with Gasteiger partial charge < -0.3 is 10.1 Å². The number of hydrogen-bond acceptors (Lipinski definition) is 2. The van der Waals surface area contributed by atoms with Gasteiger partial charge in [0.2, 0.25) is 0 Å². The highest BCUT2D eigenvalue weighted by Gasteiger charge is 2.07. The van der Waals surface area contributed by atoms with E-state index in [0.29, 0.717) is 12.0 Å². The van der Waals surface area contributed by atoms with Crippen LogP contribution in [0, 0.1) is 6.92 Å². The van der Waals surface area contributed by atoms with Gasteiger partial charge in [-0.05, 0) is 62.3 Å². The lowest BCUT2D eigenvalue weighted by Crippen LogP contribution is -2.29. The molecular formula is C19H33NO. The van der Waals surface area contributed by atoms with Gasteiger partial charge in [-0.1, -0.05) is 39.8 Å². The zero-order valence-corrected chi connectivity index (χ0v) is 14.5. The van der Waals surface area contributed by atoms with E-state index in [0.717, 1.165) is 25.3 Å². The van der Waals surface area contributed by atoms with Crippen LogP contribution in [0.3, 0.4) is 0 Å². The molecule has 1 N–H and O–H groups in total. The van der Waals surface area contributed by atoms with Crippen LogP contribution >= 0.6 is 0 Å². The minimum Gasteiger partial charge on any atom is -0.493 e. The fourth-order valence-corrected chi connectivity index (χ4v) is 2.44. The van der Waals surface area contributed by atoms with Gasteiger partial charge >= 0.3 is 0 Å². The smallest absolute Gasteiger partial charge is 0.122 e. The van der Waals surface area contributed by atoms with Crippen molar-refractivity contribution in [3.63, 3.8) is 0 Å². The van der Waals surface area contributed by atoms with Gasteiger partial charge in [-0.3, -0.25) is 0 Å². The van der Waals surface area contributed by atoms with Crippen molar-refractivity contribution in [3.05, 3.63) is 29.3 Å². The summed E-state index contributed by atoms with van der Waals surface area (Å²) in [6.45, 7) is 13.0. The van der Waals surface area contributed by atoms with E-state index >= 15 is 0 Å². The minimum atomic E-state index is 0.552. The molecule has 2 nitrogen and oxygen atoms in total. The van der Waals surface area contributed by atoms with E-state index < -0.39 is 0 Å². The maximum atomic E-state index is 6.00. The molecule has 1 aromatic rings. The van der Waals surface area contributed by atoms with Crippen molar-refractivity contribution < 1.29 is 4.74 Å². The van der Waals surface area contributed by atoms with Crippen LogP contribution in [-0.2, 0) is 0 Å². The first-order valence-electron chi connectivity index (χ1n) is 8.55. The predicted octanol–water partition coefficient (Wildman–Crippen LogP) is 5.06. The highest BCUT2D eigenvalue weighted by Crippen LogP contribution is 2.24. The Balaban J connectivity index is 2.39. The third-order valence-electron chi connectivity index (χ3n) is 4.01. The van der Waals surface area contributed by atoms with E-state index in [2.05, 4.69) is 58.1 Å². The third-order valence-corrected chi connectivity index (χ3v) is 4.01. The Kier molecular flexibility index (Phi) is 8.44. The molecule has 0 heterocycles. The quantitative estimate of drug-likeness (QED) is 0.609. The Hall–Kier alpha value is -1.02. The largest absolute Gasteiger partial charge is 0.493 e. The van der Waals surface area contributed by atoms with Gasteiger partial charge in [0.05, 0.1) is 6.61 Å². The second-order valence-corrected chi connectivity index (χ2v) is 6.23. The Morgan fingerprint density at radius 1 is 1.19 bits per heavy atom. The van der Waals surface area contributed by atoms with E-state index in [1.807, 2.05) is 0 Å². The molecule has 1 aromatic carbocycles. The first-order chi connectivity index (χ1) is 10.1. The lowest BCUT2D eigenvalue weighted by molar-refractivity contribution is 0.292. The first kappa shape index (κ1) is 18.0. The van der Waals surface area contributed by atoms with E-state index in [1.165, 1.54) is 30.4 Å². The van der Waals surface area contributed by atoms with Crippen LogP contribution in [0.1, 0.15) is 70.4 Å². The second kappa shape index (κ2) is 9.83. The van der Waals surface area contributed by atoms with Gasteiger partial charge in [0.1, 0.15) is 5.75 Å². The Labute approximate surface area is 131 Å². The van der Waals surface area contributed by atoms with Crippen LogP contribution in [-0.4, -0.2) is 19.2 Å². The fraction of sp³-hybridized carbons (Fsp3) is 0.684. The Morgan fingerprint density at radius 2 is 1.95 bits per heavy atom. The van der Waals surface area contributed by atoms with Crippen molar-refractivity contribution in [2.45, 2.75) is 72.3 Å². The van der Waals surface area contributed by atoms with Gasteiger partial charge in [-0.25, -0.2) is 0 Å². The fourth-order valence-electron chi connectivity index (χ4n) is 2.44. The standard InChI is InChI=1S/C19H33NO/c1-6-12-20-18(7-2)9-8-13-21-19-14-17(15(3)4)11-10-16(19)5/h10-11,14-15,18,20H,6-9,12-13H2,1-5H3. The summed E-state index contributed by atoms with van der Waals surface area (Å²) in [6, 6.07) is 7.21. The van der Waals surface area contributed by atoms with Crippen LogP contribution < -0.4 is 10.1 Å². The van der Waals surface area contributed by atoms with E-state index in [9.17, 15) is 0 Å². The van der Waals surface area contributed by atoms with Crippen LogP contribution in [0.25, 0.3) is 0 Å². The first-order valence-corrected chi connectivity index (χ1v) is 8.55. The molecule has 1 atom stereocenters. The van der Waals surface area contributed by atoms with Crippen LogP contribution in [0.15, 0.2) is 18.2 Å². The molecule has 0 saturated carbocycles. The molecule has 120 valence electrons. The molecule has 1 unspecified atom stereocenters. The number of ether oxygens (including phenoxy) is 1. The molecule has 0 saturated heterocycles. The normalized spacial score (nSPS) is 12.7. The van der Waals surface area contributed by atoms with Crippen molar-refractivity contribution in [2.75, 3.05) is 13.2 Å². The summed E-state index contributed by atoms with van der Waals surface area (Å²) >= 11 is 0. The molecule has 0 spiro atoms. The third kappa shape index (κ3) is 6.52. The summed E-state index contributed by atoms with van der Waals surface area (Å²) in [5.74, 6) is 1.60.